The molecule has 3 aromatic carbocycles. The lowest BCUT2D eigenvalue weighted by Crippen LogP contribution is -2.23. The Hall–Kier alpha value is -3.91. The highest BCUT2D eigenvalue weighted by atomic mass is 127. The number of carboxylic acid groups (broad SMARTS) is 1. The minimum atomic E-state index is -1.06. The van der Waals surface area contributed by atoms with Crippen LogP contribution in [0.5, 0.6) is 11.5 Å². The maximum absolute atomic E-state index is 12.9. The SMILES string of the molecule is COc1cc(/C=C2\SC(=Nc3cccc(C(=O)O)c3)N(C)C2=O)cc(I)c1OCc1ccc([N+](=O)[O-])cc1. The molecule has 4 rings (SSSR count). The molecular weight excluding hydrogens is 625 g/mol. The number of non-ortho nitro benzene ring substituents is 1. The van der Waals surface area contributed by atoms with Crippen molar-refractivity contribution in [3.05, 3.63) is 95.9 Å². The highest BCUT2D eigenvalue weighted by Crippen LogP contribution is 2.38. The average molecular weight is 645 g/mol. The summed E-state index contributed by atoms with van der Waals surface area (Å²) in [5.74, 6) is -0.319. The van der Waals surface area contributed by atoms with Crippen molar-refractivity contribution in [2.24, 2.45) is 4.99 Å². The molecular formula is C26H20IN3O7S. The van der Waals surface area contributed by atoms with Crippen LogP contribution in [-0.2, 0) is 11.4 Å². The summed E-state index contributed by atoms with van der Waals surface area (Å²) < 4.78 is 12.2. The first-order valence-electron chi connectivity index (χ1n) is 11.0. The molecule has 1 amide bonds. The quantitative estimate of drug-likeness (QED) is 0.143. The predicted octanol–water partition coefficient (Wildman–Crippen LogP) is 5.72. The standard InChI is InChI=1S/C26H20IN3O7S/c1-29-24(31)22(38-26(29)28-18-5-3-4-17(13-18)25(32)33)12-16-10-20(27)23(21(11-16)36-2)37-14-15-6-8-19(9-7-15)30(34)35/h3-13H,14H2,1-2H3,(H,32,33)/b22-12-,28-26?. The Morgan fingerprint density at radius 2 is 1.95 bits per heavy atom. The number of carboxylic acids is 1. The number of ether oxygens (including phenoxy) is 2. The number of nitro groups is 1. The number of amidine groups is 1. The van der Waals surface area contributed by atoms with Crippen molar-refractivity contribution in [2.75, 3.05) is 14.2 Å². The molecule has 10 nitrogen and oxygen atoms in total. The molecule has 1 saturated heterocycles. The Morgan fingerprint density at radius 1 is 1.21 bits per heavy atom. The zero-order chi connectivity index (χ0) is 27.4. The molecule has 0 atom stereocenters. The first-order valence-corrected chi connectivity index (χ1v) is 12.9. The van der Waals surface area contributed by atoms with E-state index in [-0.39, 0.29) is 23.8 Å². The van der Waals surface area contributed by atoms with Crippen LogP contribution in [0, 0.1) is 13.7 Å². The number of halogens is 1. The minimum absolute atomic E-state index is 0.00487. The third-order valence-electron chi connectivity index (χ3n) is 5.40. The Balaban J connectivity index is 1.55. The van der Waals surface area contributed by atoms with E-state index in [2.05, 4.69) is 27.6 Å². The van der Waals surface area contributed by atoms with Crippen molar-refractivity contribution in [3.63, 3.8) is 0 Å². The van der Waals surface area contributed by atoms with Crippen LogP contribution in [0.4, 0.5) is 11.4 Å². The summed E-state index contributed by atoms with van der Waals surface area (Å²) in [6.45, 7) is 0.187. The normalized spacial score (nSPS) is 15.2. The van der Waals surface area contributed by atoms with Crippen LogP contribution < -0.4 is 9.47 Å². The highest BCUT2D eigenvalue weighted by Gasteiger charge is 2.30. The Kier molecular flexibility index (Phi) is 8.32. The maximum Gasteiger partial charge on any atom is 0.335 e. The topological polar surface area (TPSA) is 132 Å². The summed E-state index contributed by atoms with van der Waals surface area (Å²) in [4.78, 5) is 40.8. The average Bonchev–Trinajstić information content (AvgIpc) is 3.15. The minimum Gasteiger partial charge on any atom is -0.493 e. The largest absolute Gasteiger partial charge is 0.493 e. The molecule has 1 fully saturated rings. The van der Waals surface area contributed by atoms with Gasteiger partial charge in [0.2, 0.25) is 0 Å². The Labute approximate surface area is 235 Å². The van der Waals surface area contributed by atoms with Gasteiger partial charge >= 0.3 is 5.97 Å². The molecule has 0 aromatic heterocycles. The van der Waals surface area contributed by atoms with Gasteiger partial charge in [0, 0.05) is 19.2 Å². The summed E-state index contributed by atoms with van der Waals surface area (Å²) in [6.07, 6.45) is 1.73. The summed E-state index contributed by atoms with van der Waals surface area (Å²) in [5, 5.41) is 20.5. The number of rotatable bonds is 8. The first kappa shape index (κ1) is 27.1. The number of likely N-dealkylation sites (N-methyl/N-ethyl adjacent to an activating group) is 1. The number of thioether (sulfide) groups is 1. The van der Waals surface area contributed by atoms with Gasteiger partial charge in [0.25, 0.3) is 11.6 Å². The second-order valence-electron chi connectivity index (χ2n) is 7.97. The van der Waals surface area contributed by atoms with Crippen LogP contribution in [-0.4, -0.2) is 46.1 Å². The molecule has 0 radical (unpaired) electrons. The van der Waals surface area contributed by atoms with Gasteiger partial charge in [-0.05, 0) is 94.0 Å². The maximum atomic E-state index is 12.9. The predicted molar refractivity (Wildman–Crippen MR) is 152 cm³/mol. The van der Waals surface area contributed by atoms with Crippen LogP contribution in [0.25, 0.3) is 6.08 Å². The number of amides is 1. The second-order valence-corrected chi connectivity index (χ2v) is 10.1. The van der Waals surface area contributed by atoms with Gasteiger partial charge in [0.05, 0.1) is 31.8 Å². The number of methoxy groups -OCH3 is 1. The van der Waals surface area contributed by atoms with Crippen LogP contribution in [0.1, 0.15) is 21.5 Å². The van der Waals surface area contributed by atoms with Crippen molar-refractivity contribution in [3.8, 4) is 11.5 Å². The van der Waals surface area contributed by atoms with Crippen molar-refractivity contribution >= 4 is 68.8 Å². The second kappa shape index (κ2) is 11.6. The van der Waals surface area contributed by atoms with Crippen molar-refractivity contribution < 1.29 is 29.1 Å². The molecule has 1 aliphatic rings. The number of aliphatic imine (C=N–C) groups is 1. The van der Waals surface area contributed by atoms with E-state index in [1.54, 1.807) is 43.5 Å². The number of nitro benzene ring substituents is 1. The molecule has 0 aliphatic carbocycles. The van der Waals surface area contributed by atoms with Gasteiger partial charge in [-0.3, -0.25) is 19.8 Å². The van der Waals surface area contributed by atoms with Gasteiger partial charge in [0.1, 0.15) is 6.61 Å². The fourth-order valence-electron chi connectivity index (χ4n) is 3.45. The number of benzene rings is 3. The number of carbonyl (C=O) groups is 2. The lowest BCUT2D eigenvalue weighted by Gasteiger charge is -2.14. The molecule has 0 spiro atoms. The summed E-state index contributed by atoms with van der Waals surface area (Å²) in [7, 11) is 3.12. The first-order chi connectivity index (χ1) is 18.2. The molecule has 3 aromatic rings. The Bertz CT molecular complexity index is 1490. The van der Waals surface area contributed by atoms with Gasteiger partial charge in [-0.2, -0.15) is 0 Å². The Morgan fingerprint density at radius 3 is 2.61 bits per heavy atom. The number of nitrogens with zero attached hydrogens (tertiary/aromatic N) is 3. The summed E-state index contributed by atoms with van der Waals surface area (Å²) in [5.41, 5.74) is 2.02. The van der Waals surface area contributed by atoms with Gasteiger partial charge in [-0.25, -0.2) is 9.79 Å². The number of aromatic carboxylic acids is 1. The monoisotopic (exact) mass is 645 g/mol. The van der Waals surface area contributed by atoms with Crippen molar-refractivity contribution in [2.45, 2.75) is 6.61 Å². The van der Waals surface area contributed by atoms with Gasteiger partial charge < -0.3 is 14.6 Å². The highest BCUT2D eigenvalue weighted by molar-refractivity contribution is 14.1. The summed E-state index contributed by atoms with van der Waals surface area (Å²) in [6, 6.07) is 15.9. The third kappa shape index (κ3) is 6.14. The molecule has 1 N–H and O–H groups in total. The van der Waals surface area contributed by atoms with E-state index in [0.717, 1.165) is 9.13 Å². The van der Waals surface area contributed by atoms with Gasteiger partial charge in [-0.1, -0.05) is 6.07 Å². The molecule has 1 aliphatic heterocycles. The van der Waals surface area contributed by atoms with Crippen LogP contribution in [0.3, 0.4) is 0 Å². The number of hydrogen-bond donors (Lipinski definition) is 1. The van der Waals surface area contributed by atoms with Crippen LogP contribution >= 0.6 is 34.4 Å². The van der Waals surface area contributed by atoms with Crippen LogP contribution in [0.2, 0.25) is 0 Å². The van der Waals surface area contributed by atoms with E-state index in [1.807, 2.05) is 6.07 Å². The summed E-state index contributed by atoms with van der Waals surface area (Å²) >= 11 is 3.30. The lowest BCUT2D eigenvalue weighted by atomic mass is 10.1. The zero-order valence-corrected chi connectivity index (χ0v) is 23.1. The molecule has 0 saturated carbocycles. The lowest BCUT2D eigenvalue weighted by molar-refractivity contribution is -0.384. The molecule has 12 heteroatoms. The van der Waals surface area contributed by atoms with E-state index in [9.17, 15) is 24.8 Å². The number of hydrogen-bond acceptors (Lipinski definition) is 8. The van der Waals surface area contributed by atoms with Crippen molar-refractivity contribution in [1.82, 2.24) is 4.90 Å². The fraction of sp³-hybridized carbons (Fsp3) is 0.115. The third-order valence-corrected chi connectivity index (χ3v) is 7.26. The zero-order valence-electron chi connectivity index (χ0n) is 20.1. The van der Waals surface area contributed by atoms with Crippen molar-refractivity contribution in [1.29, 1.82) is 0 Å². The van der Waals surface area contributed by atoms with E-state index in [4.69, 9.17) is 9.47 Å². The van der Waals surface area contributed by atoms with Crippen LogP contribution in [0.15, 0.2) is 70.6 Å². The van der Waals surface area contributed by atoms with Gasteiger partial charge in [-0.15, -0.1) is 0 Å². The molecule has 194 valence electrons. The van der Waals surface area contributed by atoms with E-state index < -0.39 is 10.9 Å². The fourth-order valence-corrected chi connectivity index (χ4v) is 5.22. The molecule has 0 unspecified atom stereocenters. The van der Waals surface area contributed by atoms with E-state index >= 15 is 0 Å². The van der Waals surface area contributed by atoms with E-state index in [1.165, 1.54) is 48.0 Å². The smallest absolute Gasteiger partial charge is 0.335 e. The molecule has 0 bridgehead atoms. The van der Waals surface area contributed by atoms with Gasteiger partial charge in [0.15, 0.2) is 16.7 Å². The molecule has 1 heterocycles. The van der Waals surface area contributed by atoms with E-state index in [0.29, 0.717) is 32.8 Å². The molecule has 38 heavy (non-hydrogen) atoms. The number of carbonyl (C=O) groups excluding carboxylic acids is 1.